The van der Waals surface area contributed by atoms with Crippen molar-refractivity contribution in [1.82, 2.24) is 15.2 Å². The third-order valence-corrected chi connectivity index (χ3v) is 4.21. The van der Waals surface area contributed by atoms with E-state index >= 15 is 0 Å². The van der Waals surface area contributed by atoms with Crippen molar-refractivity contribution in [3.05, 3.63) is 34.5 Å². The van der Waals surface area contributed by atoms with Gasteiger partial charge in [0, 0.05) is 24.6 Å². The topological polar surface area (TPSA) is 72.4 Å². The number of carbonyl (C=O) groups excluding carboxylic acids is 1. The summed E-state index contributed by atoms with van der Waals surface area (Å²) >= 11 is 0. The highest BCUT2D eigenvalue weighted by atomic mass is 16.5. The minimum Gasteiger partial charge on any atom is -0.361 e. The largest absolute Gasteiger partial charge is 0.361 e. The number of aryl methyl sites for hydroxylation is 3. The number of likely N-dealkylation sites (tertiary alicyclic amines) is 1. The minimum atomic E-state index is -0.0754. The quantitative estimate of drug-likeness (QED) is 0.867. The minimum absolute atomic E-state index is 0.0186. The Bertz CT molecular complexity index is 654. The second-order valence-electron chi connectivity index (χ2n) is 5.82. The Balaban J connectivity index is 1.84. The lowest BCUT2D eigenvalue weighted by atomic mass is 10.0. The Morgan fingerprint density at radius 2 is 2.18 bits per heavy atom. The van der Waals surface area contributed by atoms with E-state index in [0.717, 1.165) is 55.0 Å². The number of nitrogens with zero attached hydrogens (tertiary/aromatic N) is 3. The summed E-state index contributed by atoms with van der Waals surface area (Å²) in [6.07, 6.45) is 3.66. The molecule has 2 aromatic heterocycles. The number of aromatic nitrogens is 2. The molecule has 0 aliphatic carbocycles. The molecule has 1 aliphatic rings. The van der Waals surface area contributed by atoms with Crippen molar-refractivity contribution in [2.75, 3.05) is 6.54 Å². The van der Waals surface area contributed by atoms with Gasteiger partial charge in [0.1, 0.15) is 11.5 Å². The lowest BCUT2D eigenvalue weighted by Crippen LogP contribution is -2.31. The zero-order chi connectivity index (χ0) is 15.7. The molecule has 3 rings (SSSR count). The summed E-state index contributed by atoms with van der Waals surface area (Å²) in [5.74, 6) is 1.47. The molecule has 22 heavy (non-hydrogen) atoms. The van der Waals surface area contributed by atoms with Gasteiger partial charge in [-0.2, -0.15) is 0 Å². The number of hydrogen-bond donors (Lipinski definition) is 0. The van der Waals surface area contributed by atoms with Gasteiger partial charge in [0.05, 0.1) is 11.7 Å². The van der Waals surface area contributed by atoms with E-state index in [0.29, 0.717) is 5.69 Å². The van der Waals surface area contributed by atoms with Gasteiger partial charge < -0.3 is 13.9 Å². The van der Waals surface area contributed by atoms with Crippen LogP contribution in [0.15, 0.2) is 15.1 Å². The molecule has 0 aromatic carbocycles. The molecule has 6 heteroatoms. The van der Waals surface area contributed by atoms with E-state index in [2.05, 4.69) is 17.2 Å². The zero-order valence-electron chi connectivity index (χ0n) is 13.3. The van der Waals surface area contributed by atoms with E-state index in [1.165, 1.54) is 0 Å². The van der Waals surface area contributed by atoms with Gasteiger partial charge >= 0.3 is 0 Å². The Labute approximate surface area is 129 Å². The summed E-state index contributed by atoms with van der Waals surface area (Å²) in [5, 5.41) is 7.94. The first-order valence-electron chi connectivity index (χ1n) is 7.81. The Morgan fingerprint density at radius 1 is 1.36 bits per heavy atom. The molecule has 3 heterocycles. The van der Waals surface area contributed by atoms with Crippen molar-refractivity contribution in [1.29, 1.82) is 0 Å². The average molecular weight is 303 g/mol. The molecular formula is C16H21N3O3. The monoisotopic (exact) mass is 303 g/mol. The van der Waals surface area contributed by atoms with Crippen LogP contribution >= 0.6 is 0 Å². The predicted molar refractivity (Wildman–Crippen MR) is 79.5 cm³/mol. The van der Waals surface area contributed by atoms with Crippen molar-refractivity contribution < 1.29 is 13.8 Å². The second-order valence-corrected chi connectivity index (χ2v) is 5.82. The average Bonchev–Trinajstić information content (AvgIpc) is 3.20. The molecule has 0 N–H and O–H groups in total. The summed E-state index contributed by atoms with van der Waals surface area (Å²) in [4.78, 5) is 14.6. The maximum Gasteiger partial charge on any atom is 0.276 e. The molecule has 6 nitrogen and oxygen atoms in total. The van der Waals surface area contributed by atoms with Gasteiger partial charge in [-0.3, -0.25) is 4.79 Å². The SMILES string of the molecule is CCCc1cc(C(=O)N2CCC[C@H]2c2c(C)noc2C)no1. The molecule has 118 valence electrons. The second kappa shape index (κ2) is 5.94. The van der Waals surface area contributed by atoms with E-state index in [4.69, 9.17) is 9.05 Å². The van der Waals surface area contributed by atoms with Crippen LogP contribution in [-0.4, -0.2) is 27.7 Å². The van der Waals surface area contributed by atoms with Crippen LogP contribution in [0, 0.1) is 13.8 Å². The third-order valence-electron chi connectivity index (χ3n) is 4.21. The van der Waals surface area contributed by atoms with Gasteiger partial charge in [-0.15, -0.1) is 0 Å². The van der Waals surface area contributed by atoms with Gasteiger partial charge in [0.2, 0.25) is 0 Å². The van der Waals surface area contributed by atoms with Crippen LogP contribution in [0.2, 0.25) is 0 Å². The van der Waals surface area contributed by atoms with Gasteiger partial charge in [0.15, 0.2) is 5.69 Å². The fourth-order valence-electron chi connectivity index (χ4n) is 3.20. The molecule has 0 spiro atoms. The Morgan fingerprint density at radius 3 is 2.86 bits per heavy atom. The van der Waals surface area contributed by atoms with E-state index in [9.17, 15) is 4.79 Å². The smallest absolute Gasteiger partial charge is 0.276 e. The molecular weight excluding hydrogens is 282 g/mol. The van der Waals surface area contributed by atoms with Gasteiger partial charge in [-0.25, -0.2) is 0 Å². The first-order valence-corrected chi connectivity index (χ1v) is 7.81. The van der Waals surface area contributed by atoms with Crippen molar-refractivity contribution >= 4 is 5.91 Å². The molecule has 0 bridgehead atoms. The molecule has 1 aliphatic heterocycles. The Kier molecular flexibility index (Phi) is 4.00. The van der Waals surface area contributed by atoms with Crippen LogP contribution in [-0.2, 0) is 6.42 Å². The lowest BCUT2D eigenvalue weighted by molar-refractivity contribution is 0.0724. The predicted octanol–water partition coefficient (Wildman–Crippen LogP) is 3.21. The molecule has 1 amide bonds. The standard InChI is InChI=1S/C16H21N3O3/c1-4-6-12-9-13(18-22-12)16(20)19-8-5-7-14(19)15-10(2)17-21-11(15)3/h9,14H,4-8H2,1-3H3/t14-/m0/s1. The molecule has 1 saturated heterocycles. The lowest BCUT2D eigenvalue weighted by Gasteiger charge is -2.23. The summed E-state index contributed by atoms with van der Waals surface area (Å²) < 4.78 is 10.5. The van der Waals surface area contributed by atoms with Gasteiger partial charge in [-0.05, 0) is 33.1 Å². The van der Waals surface area contributed by atoms with Crippen LogP contribution in [0.1, 0.15) is 65.5 Å². The van der Waals surface area contributed by atoms with Crippen molar-refractivity contribution in [3.8, 4) is 0 Å². The highest BCUT2D eigenvalue weighted by Gasteiger charge is 2.35. The molecule has 2 aromatic rings. The van der Waals surface area contributed by atoms with E-state index in [1.54, 1.807) is 6.07 Å². The van der Waals surface area contributed by atoms with Crippen LogP contribution in [0.3, 0.4) is 0 Å². The van der Waals surface area contributed by atoms with Gasteiger partial charge in [0.25, 0.3) is 5.91 Å². The molecule has 0 saturated carbocycles. The summed E-state index contributed by atoms with van der Waals surface area (Å²) in [6, 6.07) is 1.78. The maximum absolute atomic E-state index is 12.7. The van der Waals surface area contributed by atoms with Crippen molar-refractivity contribution in [2.24, 2.45) is 0 Å². The summed E-state index contributed by atoms with van der Waals surface area (Å²) in [6.45, 7) is 6.61. The molecule has 1 atom stereocenters. The van der Waals surface area contributed by atoms with Crippen LogP contribution in [0.4, 0.5) is 0 Å². The fourth-order valence-corrected chi connectivity index (χ4v) is 3.20. The molecule has 0 unspecified atom stereocenters. The summed E-state index contributed by atoms with van der Waals surface area (Å²) in [7, 11) is 0. The number of rotatable bonds is 4. The maximum atomic E-state index is 12.7. The first-order chi connectivity index (χ1) is 10.6. The first kappa shape index (κ1) is 14.8. The van der Waals surface area contributed by atoms with E-state index in [-0.39, 0.29) is 11.9 Å². The van der Waals surface area contributed by atoms with Crippen LogP contribution in [0.25, 0.3) is 0 Å². The highest BCUT2D eigenvalue weighted by molar-refractivity contribution is 5.92. The number of carbonyl (C=O) groups is 1. The number of hydrogen-bond acceptors (Lipinski definition) is 5. The van der Waals surface area contributed by atoms with Crippen LogP contribution < -0.4 is 0 Å². The normalized spacial score (nSPS) is 18.1. The fraction of sp³-hybridized carbons (Fsp3) is 0.562. The van der Waals surface area contributed by atoms with E-state index in [1.807, 2.05) is 18.7 Å². The van der Waals surface area contributed by atoms with E-state index < -0.39 is 0 Å². The third kappa shape index (κ3) is 2.53. The van der Waals surface area contributed by atoms with Crippen LogP contribution in [0.5, 0.6) is 0 Å². The van der Waals surface area contributed by atoms with Gasteiger partial charge in [-0.1, -0.05) is 17.2 Å². The number of amides is 1. The zero-order valence-corrected chi connectivity index (χ0v) is 13.3. The molecule has 0 radical (unpaired) electrons. The molecule has 1 fully saturated rings. The van der Waals surface area contributed by atoms with Crippen molar-refractivity contribution in [2.45, 2.75) is 52.5 Å². The Hall–Kier alpha value is -2.11. The summed E-state index contributed by atoms with van der Waals surface area (Å²) in [5.41, 5.74) is 2.28. The van der Waals surface area contributed by atoms with Crippen molar-refractivity contribution in [3.63, 3.8) is 0 Å². The highest BCUT2D eigenvalue weighted by Crippen LogP contribution is 2.36.